The Morgan fingerprint density at radius 3 is 2.37 bits per heavy atom. The van der Waals surface area contributed by atoms with Crippen LogP contribution in [0, 0.1) is 0 Å². The maximum absolute atomic E-state index is 12.6. The highest BCUT2D eigenvalue weighted by atomic mass is 16.2. The molecule has 0 aromatic heterocycles. The predicted octanol–water partition coefficient (Wildman–Crippen LogP) is 1.15. The Balaban J connectivity index is 1.38. The zero-order valence-corrected chi connectivity index (χ0v) is 16.1. The first kappa shape index (κ1) is 19.8. The fourth-order valence-electron chi connectivity index (χ4n) is 4.04. The van der Waals surface area contributed by atoms with Crippen LogP contribution >= 0.6 is 0 Å². The van der Waals surface area contributed by atoms with E-state index in [-0.39, 0.29) is 11.8 Å². The third-order valence-corrected chi connectivity index (χ3v) is 5.64. The Kier molecular flexibility index (Phi) is 7.24. The van der Waals surface area contributed by atoms with Crippen molar-refractivity contribution < 1.29 is 9.59 Å². The average Bonchev–Trinajstić information content (AvgIpc) is 2.69. The summed E-state index contributed by atoms with van der Waals surface area (Å²) in [6.07, 6.45) is 6.49. The summed E-state index contributed by atoms with van der Waals surface area (Å²) in [5.41, 5.74) is 7.21. The van der Waals surface area contributed by atoms with Crippen LogP contribution in [0.2, 0.25) is 0 Å². The van der Waals surface area contributed by atoms with Crippen molar-refractivity contribution in [1.82, 2.24) is 15.1 Å². The highest BCUT2D eigenvalue weighted by Gasteiger charge is 2.26. The van der Waals surface area contributed by atoms with Gasteiger partial charge in [0.1, 0.15) is 0 Å². The Bertz CT molecular complexity index is 608. The van der Waals surface area contributed by atoms with E-state index in [1.807, 2.05) is 35.2 Å². The zero-order chi connectivity index (χ0) is 19.1. The van der Waals surface area contributed by atoms with Crippen molar-refractivity contribution in [2.75, 3.05) is 32.7 Å². The van der Waals surface area contributed by atoms with Gasteiger partial charge in [-0.3, -0.25) is 14.5 Å². The first-order chi connectivity index (χ1) is 13.1. The van der Waals surface area contributed by atoms with Crippen LogP contribution in [0.3, 0.4) is 0 Å². The average molecular weight is 373 g/mol. The van der Waals surface area contributed by atoms with Crippen molar-refractivity contribution in [1.29, 1.82) is 0 Å². The number of carbonyl (C=O) groups is 2. The van der Waals surface area contributed by atoms with Gasteiger partial charge in [-0.05, 0) is 24.8 Å². The van der Waals surface area contributed by atoms with E-state index in [0.29, 0.717) is 32.1 Å². The molecule has 1 aliphatic heterocycles. The molecular formula is C21H32N4O2. The van der Waals surface area contributed by atoms with E-state index >= 15 is 0 Å². The fourth-order valence-corrected chi connectivity index (χ4v) is 4.04. The summed E-state index contributed by atoms with van der Waals surface area (Å²) in [6.45, 7) is 3.15. The Morgan fingerprint density at radius 1 is 1.04 bits per heavy atom. The lowest BCUT2D eigenvalue weighted by Crippen LogP contribution is -2.55. The number of nitrogens with two attached hydrogens (primary N) is 1. The number of benzene rings is 1. The number of hydrogen-bond acceptors (Lipinski definition) is 4. The third kappa shape index (κ3) is 6.04. The second-order valence-electron chi connectivity index (χ2n) is 7.80. The highest BCUT2D eigenvalue weighted by molar-refractivity contribution is 5.82. The van der Waals surface area contributed by atoms with Crippen LogP contribution in [0.25, 0.3) is 0 Å². The van der Waals surface area contributed by atoms with Crippen molar-refractivity contribution >= 4 is 11.8 Å². The maximum atomic E-state index is 12.6. The van der Waals surface area contributed by atoms with Gasteiger partial charge in [0.15, 0.2) is 0 Å². The number of rotatable bonds is 6. The van der Waals surface area contributed by atoms with Crippen molar-refractivity contribution in [2.24, 2.45) is 5.73 Å². The summed E-state index contributed by atoms with van der Waals surface area (Å²) < 4.78 is 0. The molecule has 1 saturated carbocycles. The molecule has 1 aromatic carbocycles. The second kappa shape index (κ2) is 9.85. The summed E-state index contributed by atoms with van der Waals surface area (Å²) in [4.78, 5) is 28.8. The lowest BCUT2D eigenvalue weighted by atomic mass is 9.95. The smallest absolute Gasteiger partial charge is 0.239 e. The molecule has 3 N–H and O–H groups in total. The summed E-state index contributed by atoms with van der Waals surface area (Å²) in [6, 6.07) is 9.72. The molecule has 0 spiro atoms. The van der Waals surface area contributed by atoms with Crippen LogP contribution in [-0.2, 0) is 16.0 Å². The number of amides is 2. The summed E-state index contributed by atoms with van der Waals surface area (Å²) in [5, 5.41) is 3.16. The van der Waals surface area contributed by atoms with Crippen molar-refractivity contribution in [3.63, 3.8) is 0 Å². The fraction of sp³-hybridized carbons (Fsp3) is 0.619. The van der Waals surface area contributed by atoms with Crippen molar-refractivity contribution in [3.8, 4) is 0 Å². The molecule has 1 saturated heterocycles. The van der Waals surface area contributed by atoms with Crippen LogP contribution < -0.4 is 11.1 Å². The standard InChI is InChI=1S/C21H32N4O2/c22-19(15-17-7-3-1-4-8-17)21(27)25-13-11-24(12-14-25)16-20(26)23-18-9-5-2-6-10-18/h1,3-4,7-8,18-19H,2,5-6,9-16,22H2,(H,23,26). The van der Waals surface area contributed by atoms with E-state index in [1.165, 1.54) is 19.3 Å². The van der Waals surface area contributed by atoms with Crippen molar-refractivity contribution in [3.05, 3.63) is 35.9 Å². The predicted molar refractivity (Wildman–Crippen MR) is 106 cm³/mol. The number of piperazine rings is 1. The molecule has 6 heteroatoms. The second-order valence-corrected chi connectivity index (χ2v) is 7.80. The zero-order valence-electron chi connectivity index (χ0n) is 16.1. The SMILES string of the molecule is NC(Cc1ccccc1)C(=O)N1CCN(CC(=O)NC2CCCCC2)CC1. The van der Waals surface area contributed by atoms with Crippen LogP contribution in [0.4, 0.5) is 0 Å². The molecule has 0 bridgehead atoms. The lowest BCUT2D eigenvalue weighted by molar-refractivity contribution is -0.134. The van der Waals surface area contributed by atoms with Gasteiger partial charge in [0, 0.05) is 32.2 Å². The molecular weight excluding hydrogens is 340 g/mol. The van der Waals surface area contributed by atoms with E-state index in [9.17, 15) is 9.59 Å². The lowest BCUT2D eigenvalue weighted by Gasteiger charge is -2.36. The van der Waals surface area contributed by atoms with E-state index in [4.69, 9.17) is 5.73 Å². The maximum Gasteiger partial charge on any atom is 0.239 e. The van der Waals surface area contributed by atoms with Gasteiger partial charge in [0.2, 0.25) is 11.8 Å². The summed E-state index contributed by atoms with van der Waals surface area (Å²) in [5.74, 6) is 0.118. The minimum Gasteiger partial charge on any atom is -0.352 e. The molecule has 27 heavy (non-hydrogen) atoms. The first-order valence-corrected chi connectivity index (χ1v) is 10.2. The molecule has 1 aliphatic carbocycles. The largest absolute Gasteiger partial charge is 0.352 e. The Morgan fingerprint density at radius 2 is 1.70 bits per heavy atom. The van der Waals surface area contributed by atoms with Crippen LogP contribution in [0.15, 0.2) is 30.3 Å². The van der Waals surface area contributed by atoms with E-state index in [2.05, 4.69) is 10.2 Å². The van der Waals surface area contributed by atoms with Crippen molar-refractivity contribution in [2.45, 2.75) is 50.6 Å². The van der Waals surface area contributed by atoms with Crippen LogP contribution in [-0.4, -0.2) is 66.4 Å². The topological polar surface area (TPSA) is 78.7 Å². The molecule has 2 fully saturated rings. The van der Waals surface area contributed by atoms with Gasteiger partial charge in [-0.1, -0.05) is 49.6 Å². The van der Waals surface area contributed by atoms with Crippen LogP contribution in [0.5, 0.6) is 0 Å². The molecule has 3 rings (SSSR count). The molecule has 148 valence electrons. The Hall–Kier alpha value is -1.92. The third-order valence-electron chi connectivity index (χ3n) is 5.64. The molecule has 1 aromatic rings. The Labute approximate surface area is 162 Å². The molecule has 2 aliphatic rings. The quantitative estimate of drug-likeness (QED) is 0.785. The van der Waals surface area contributed by atoms with Gasteiger partial charge in [0.05, 0.1) is 12.6 Å². The molecule has 1 unspecified atom stereocenters. The number of nitrogens with zero attached hydrogens (tertiary/aromatic N) is 2. The van der Waals surface area contributed by atoms with E-state index < -0.39 is 6.04 Å². The number of nitrogens with one attached hydrogen (secondary N) is 1. The molecule has 2 amide bonds. The van der Waals surface area contributed by atoms with Gasteiger partial charge < -0.3 is 16.0 Å². The minimum atomic E-state index is -0.506. The van der Waals surface area contributed by atoms with Crippen LogP contribution in [0.1, 0.15) is 37.7 Å². The minimum absolute atomic E-state index is 0.00478. The monoisotopic (exact) mass is 372 g/mol. The van der Waals surface area contributed by atoms with Gasteiger partial charge in [-0.15, -0.1) is 0 Å². The van der Waals surface area contributed by atoms with Gasteiger partial charge in [-0.25, -0.2) is 0 Å². The van der Waals surface area contributed by atoms with Gasteiger partial charge >= 0.3 is 0 Å². The molecule has 1 heterocycles. The molecule has 6 nitrogen and oxygen atoms in total. The number of hydrogen-bond donors (Lipinski definition) is 2. The summed E-state index contributed by atoms with van der Waals surface area (Å²) >= 11 is 0. The molecule has 1 atom stereocenters. The van der Waals surface area contributed by atoms with Gasteiger partial charge in [0.25, 0.3) is 0 Å². The first-order valence-electron chi connectivity index (χ1n) is 10.2. The normalized spacial score (nSPS) is 20.3. The van der Waals surface area contributed by atoms with E-state index in [0.717, 1.165) is 31.5 Å². The van der Waals surface area contributed by atoms with Gasteiger partial charge in [-0.2, -0.15) is 0 Å². The molecule has 0 radical (unpaired) electrons. The number of carbonyl (C=O) groups excluding carboxylic acids is 2. The highest BCUT2D eigenvalue weighted by Crippen LogP contribution is 2.17. The van der Waals surface area contributed by atoms with E-state index in [1.54, 1.807) is 0 Å². The summed E-state index contributed by atoms with van der Waals surface area (Å²) in [7, 11) is 0.